The summed E-state index contributed by atoms with van der Waals surface area (Å²) in [5.74, 6) is -2.16. The van der Waals surface area contributed by atoms with Gasteiger partial charge in [-0.3, -0.25) is 10.1 Å². The Hall–Kier alpha value is -3.60. The molecule has 0 radical (unpaired) electrons. The van der Waals surface area contributed by atoms with Crippen LogP contribution in [0.15, 0.2) is 46.8 Å². The predicted molar refractivity (Wildman–Crippen MR) is 171 cm³/mol. The van der Waals surface area contributed by atoms with Crippen LogP contribution in [0.5, 0.6) is 0 Å². The first-order chi connectivity index (χ1) is 24.0. The first-order valence-electron chi connectivity index (χ1n) is 15.9. The molecule has 3 aliphatic heterocycles. The van der Waals surface area contributed by atoms with Crippen LogP contribution in [0.4, 0.5) is 5.69 Å². The van der Waals surface area contributed by atoms with E-state index in [1.165, 1.54) is 25.3 Å². The molecule has 4 rings (SSSR count). The van der Waals surface area contributed by atoms with E-state index in [-0.39, 0.29) is 34.9 Å². The second kappa shape index (κ2) is 18.2. The molecule has 0 aromatic heterocycles. The molecule has 2 fully saturated rings. The summed E-state index contributed by atoms with van der Waals surface area (Å²) >= 11 is 0. The lowest BCUT2D eigenvalue weighted by atomic mass is 9.79. The molecule has 19 heteroatoms. The number of dihydropyridines is 1. The van der Waals surface area contributed by atoms with Gasteiger partial charge in [0.15, 0.2) is 12.6 Å². The van der Waals surface area contributed by atoms with Crippen molar-refractivity contribution in [3.63, 3.8) is 0 Å². The number of nitro benzene ring substituents is 1. The van der Waals surface area contributed by atoms with Crippen LogP contribution in [0.1, 0.15) is 39.2 Å². The molecule has 0 bridgehead atoms. The molecule has 1 unspecified atom stereocenters. The van der Waals surface area contributed by atoms with E-state index in [9.17, 15) is 55.4 Å². The van der Waals surface area contributed by atoms with Crippen LogP contribution in [0.2, 0.25) is 0 Å². The maximum absolute atomic E-state index is 12.9. The highest BCUT2D eigenvalue weighted by Crippen LogP contribution is 2.42. The third kappa shape index (κ3) is 9.45. The standard InChI is InChI=1S/C20H24N2O6.C12H22O11/c1-11(2)10-28-20(24)17-13(4)21-12(3)16(19(23)27-5)18(17)14-8-6-7-9-15(14)22(25)26;13-1-3-5(15)6(16)9(19)12(22-3)23-10-4(2-14)21-11(20)8(18)7(10)17/h6-9,11,18,21H,10H2,1-5H3;3-20H,1-2H2/t;3-,4-,5+,6+,7-,8-,9-,10-,11-,12+/m.1/s1. The first-order valence-corrected chi connectivity index (χ1v) is 15.9. The maximum Gasteiger partial charge on any atom is 0.336 e. The number of carbonyl (C=O) groups is 2. The van der Waals surface area contributed by atoms with Gasteiger partial charge in [-0.05, 0) is 19.8 Å². The minimum Gasteiger partial charge on any atom is -0.466 e. The minimum atomic E-state index is -1.74. The van der Waals surface area contributed by atoms with Crippen LogP contribution < -0.4 is 5.32 Å². The average molecular weight is 731 g/mol. The number of hydrogen-bond donors (Lipinski definition) is 9. The number of allylic oxidation sites excluding steroid dienone is 2. The second-order valence-electron chi connectivity index (χ2n) is 12.5. The number of aliphatic hydroxyl groups is 8. The van der Waals surface area contributed by atoms with Gasteiger partial charge in [-0.15, -0.1) is 0 Å². The molecule has 2 saturated heterocycles. The Bertz CT molecular complexity index is 1450. The zero-order valence-corrected chi connectivity index (χ0v) is 28.6. The zero-order valence-electron chi connectivity index (χ0n) is 28.6. The number of para-hydroxylation sites is 1. The lowest BCUT2D eigenvalue weighted by molar-refractivity contribution is -0.385. The highest BCUT2D eigenvalue weighted by atomic mass is 16.7. The van der Waals surface area contributed by atoms with Gasteiger partial charge in [-0.2, -0.15) is 0 Å². The van der Waals surface area contributed by atoms with Gasteiger partial charge in [0.05, 0.1) is 48.9 Å². The number of esters is 2. The van der Waals surface area contributed by atoms with E-state index in [1.54, 1.807) is 19.9 Å². The minimum absolute atomic E-state index is 0.114. The number of nitrogens with one attached hydrogen (secondary N) is 1. The van der Waals surface area contributed by atoms with Crippen molar-refractivity contribution in [3.05, 3.63) is 62.5 Å². The normalized spacial score (nSPS) is 32.5. The van der Waals surface area contributed by atoms with Gasteiger partial charge < -0.3 is 69.9 Å². The van der Waals surface area contributed by atoms with E-state index in [2.05, 4.69) is 5.32 Å². The lowest BCUT2D eigenvalue weighted by Gasteiger charge is -2.45. The molecule has 0 saturated carbocycles. The molecule has 3 aliphatic rings. The fourth-order valence-corrected chi connectivity index (χ4v) is 5.74. The van der Waals surface area contributed by atoms with Gasteiger partial charge in [-0.1, -0.05) is 32.0 Å². The van der Waals surface area contributed by atoms with E-state index in [0.29, 0.717) is 11.4 Å². The summed E-state index contributed by atoms with van der Waals surface area (Å²) in [6.07, 6.45) is -15.6. The summed E-state index contributed by atoms with van der Waals surface area (Å²) in [6, 6.07) is 6.03. The lowest BCUT2D eigenvalue weighted by Crippen LogP contribution is -2.64. The number of aliphatic hydroxyl groups excluding tert-OH is 8. The van der Waals surface area contributed by atoms with E-state index < -0.39 is 97.4 Å². The Morgan fingerprint density at radius 3 is 2.00 bits per heavy atom. The Morgan fingerprint density at radius 2 is 1.45 bits per heavy atom. The summed E-state index contributed by atoms with van der Waals surface area (Å²) in [4.78, 5) is 36.5. The molecule has 1 aromatic rings. The molecule has 286 valence electrons. The van der Waals surface area contributed by atoms with Crippen molar-refractivity contribution in [3.8, 4) is 0 Å². The molecule has 9 N–H and O–H groups in total. The number of hydrogen-bond acceptors (Lipinski definition) is 18. The summed E-state index contributed by atoms with van der Waals surface area (Å²) in [5, 5.41) is 91.1. The topological polar surface area (TPSA) is 297 Å². The number of nitro groups is 1. The van der Waals surface area contributed by atoms with Crippen molar-refractivity contribution in [1.29, 1.82) is 0 Å². The van der Waals surface area contributed by atoms with Gasteiger partial charge in [0.2, 0.25) is 0 Å². The molecule has 51 heavy (non-hydrogen) atoms. The number of benzene rings is 1. The van der Waals surface area contributed by atoms with Crippen LogP contribution in [0.25, 0.3) is 0 Å². The molecule has 11 atom stereocenters. The first kappa shape index (κ1) is 41.8. The summed E-state index contributed by atoms with van der Waals surface area (Å²) < 4.78 is 25.5. The number of carbonyl (C=O) groups excluding carboxylic acids is 2. The Kier molecular flexibility index (Phi) is 15.0. The number of rotatable bonds is 10. The molecular formula is C32H46N2O17. The van der Waals surface area contributed by atoms with Gasteiger partial charge in [0.25, 0.3) is 5.69 Å². The van der Waals surface area contributed by atoms with Crippen LogP contribution >= 0.6 is 0 Å². The van der Waals surface area contributed by atoms with Crippen LogP contribution in [-0.2, 0) is 33.3 Å². The third-order valence-electron chi connectivity index (χ3n) is 8.36. The Morgan fingerprint density at radius 1 is 0.863 bits per heavy atom. The van der Waals surface area contributed by atoms with Crippen LogP contribution in [0, 0.1) is 16.0 Å². The van der Waals surface area contributed by atoms with E-state index in [1.807, 2.05) is 13.8 Å². The fraction of sp³-hybridized carbons (Fsp3) is 0.625. The maximum atomic E-state index is 12.9. The largest absolute Gasteiger partial charge is 0.466 e. The smallest absolute Gasteiger partial charge is 0.336 e. The average Bonchev–Trinajstić information content (AvgIpc) is 3.10. The van der Waals surface area contributed by atoms with Crippen molar-refractivity contribution >= 4 is 17.6 Å². The van der Waals surface area contributed by atoms with Gasteiger partial charge in [0, 0.05) is 23.0 Å². The fourth-order valence-electron chi connectivity index (χ4n) is 5.74. The van der Waals surface area contributed by atoms with Gasteiger partial charge in [-0.25, -0.2) is 9.59 Å². The summed E-state index contributed by atoms with van der Waals surface area (Å²) in [6.45, 7) is 5.98. The second-order valence-corrected chi connectivity index (χ2v) is 12.5. The Balaban J connectivity index is 0.000000281. The molecule has 0 amide bonds. The summed E-state index contributed by atoms with van der Waals surface area (Å²) in [5.41, 5.74) is 1.27. The van der Waals surface area contributed by atoms with E-state index >= 15 is 0 Å². The third-order valence-corrected chi connectivity index (χ3v) is 8.36. The van der Waals surface area contributed by atoms with Gasteiger partial charge in [0.1, 0.15) is 48.8 Å². The Labute approximate surface area is 292 Å². The van der Waals surface area contributed by atoms with Crippen molar-refractivity contribution < 1.29 is 79.0 Å². The molecule has 19 nitrogen and oxygen atoms in total. The van der Waals surface area contributed by atoms with E-state index in [4.69, 9.17) is 28.8 Å². The number of nitrogens with zero attached hydrogens (tertiary/aromatic N) is 1. The molecule has 0 spiro atoms. The number of ether oxygens (including phenoxy) is 5. The van der Waals surface area contributed by atoms with Crippen LogP contribution in [0.3, 0.4) is 0 Å². The number of methoxy groups -OCH3 is 1. The summed E-state index contributed by atoms with van der Waals surface area (Å²) in [7, 11) is 1.22. The van der Waals surface area contributed by atoms with Crippen molar-refractivity contribution in [2.24, 2.45) is 5.92 Å². The van der Waals surface area contributed by atoms with E-state index in [0.717, 1.165) is 0 Å². The van der Waals surface area contributed by atoms with Crippen molar-refractivity contribution in [1.82, 2.24) is 5.32 Å². The molecule has 0 aliphatic carbocycles. The predicted octanol–water partition coefficient (Wildman–Crippen LogP) is -2.20. The monoisotopic (exact) mass is 730 g/mol. The zero-order chi connectivity index (χ0) is 38.3. The van der Waals surface area contributed by atoms with Gasteiger partial charge >= 0.3 is 11.9 Å². The SMILES string of the molecule is COC(=O)C1=C(C)NC(C)=C(C(=O)OCC(C)C)C1c1ccccc1[N+](=O)[O-].OC[C@H]1O[C@@H](O[C@H]2[C@H](O)[C@@H](O)[C@H](O)O[C@@H]2CO)[C@H](O)[C@@H](O)[C@H]1O. The van der Waals surface area contributed by atoms with Crippen molar-refractivity contribution in [2.75, 3.05) is 26.9 Å². The quantitative estimate of drug-likeness (QED) is 0.0701. The molecule has 1 aromatic carbocycles. The highest BCUT2D eigenvalue weighted by molar-refractivity contribution is 6.00. The molecular weight excluding hydrogens is 684 g/mol. The van der Waals surface area contributed by atoms with Crippen LogP contribution in [-0.4, -0.2) is 146 Å². The molecule has 3 heterocycles. The highest BCUT2D eigenvalue weighted by Gasteiger charge is 2.50. The van der Waals surface area contributed by atoms with Crippen molar-refractivity contribution in [2.45, 2.75) is 95.0 Å².